The Morgan fingerprint density at radius 1 is 1.45 bits per heavy atom. The molecule has 0 N–H and O–H groups in total. The molecule has 0 bridgehead atoms. The van der Waals surface area contributed by atoms with E-state index in [9.17, 15) is 19.3 Å². The highest BCUT2D eigenvalue weighted by Gasteiger charge is 2.24. The van der Waals surface area contributed by atoms with Crippen molar-refractivity contribution in [2.75, 3.05) is 25.1 Å². The summed E-state index contributed by atoms with van der Waals surface area (Å²) in [5.74, 6) is -1.81. The predicted octanol–water partition coefficient (Wildman–Crippen LogP) is 2.76. The molecule has 0 heterocycles. The maximum atomic E-state index is 13.8. The number of hydrogen-bond acceptors (Lipinski definition) is 5. The maximum absolute atomic E-state index is 13.8. The van der Waals surface area contributed by atoms with Crippen LogP contribution >= 0.6 is 0 Å². The summed E-state index contributed by atoms with van der Waals surface area (Å²) < 4.78 is 18.2. The molecule has 110 valence electrons. The summed E-state index contributed by atoms with van der Waals surface area (Å²) in [6.07, 6.45) is 0.774. The topological polar surface area (TPSA) is 72.7 Å². The van der Waals surface area contributed by atoms with Gasteiger partial charge in [-0.1, -0.05) is 6.92 Å². The molecule has 0 aliphatic rings. The zero-order chi connectivity index (χ0) is 15.3. The van der Waals surface area contributed by atoms with Gasteiger partial charge in [0.1, 0.15) is 11.5 Å². The molecule has 20 heavy (non-hydrogen) atoms. The molecule has 0 saturated carbocycles. The third kappa shape index (κ3) is 3.23. The van der Waals surface area contributed by atoms with Crippen molar-refractivity contribution in [3.05, 3.63) is 33.6 Å². The Bertz CT molecular complexity index is 519. The van der Waals surface area contributed by atoms with Crippen LogP contribution in [0.5, 0.6) is 0 Å². The fourth-order valence-corrected chi connectivity index (χ4v) is 1.94. The number of nitro benzene ring substituents is 1. The quantitative estimate of drug-likeness (QED) is 0.456. The average Bonchev–Trinajstić information content (AvgIpc) is 2.43. The highest BCUT2D eigenvalue weighted by molar-refractivity contribution is 5.92. The van der Waals surface area contributed by atoms with Crippen molar-refractivity contribution >= 4 is 17.3 Å². The first-order valence-corrected chi connectivity index (χ1v) is 6.27. The van der Waals surface area contributed by atoms with Crippen molar-refractivity contribution < 1.29 is 18.8 Å². The molecular formula is C13H17FN2O4. The fourth-order valence-electron chi connectivity index (χ4n) is 1.94. The van der Waals surface area contributed by atoms with E-state index < -0.39 is 16.7 Å². The number of benzene rings is 1. The Balaban J connectivity index is 3.44. The largest absolute Gasteiger partial charge is 0.465 e. The van der Waals surface area contributed by atoms with Crippen LogP contribution in [-0.4, -0.2) is 31.1 Å². The van der Waals surface area contributed by atoms with E-state index in [1.54, 1.807) is 4.90 Å². The molecule has 0 aliphatic carbocycles. The number of carbonyl (C=O) groups excluding carboxylic acids is 1. The van der Waals surface area contributed by atoms with Gasteiger partial charge in [0, 0.05) is 13.1 Å². The van der Waals surface area contributed by atoms with Gasteiger partial charge in [-0.2, -0.15) is 0 Å². The van der Waals surface area contributed by atoms with Crippen LogP contribution < -0.4 is 4.90 Å². The van der Waals surface area contributed by atoms with Gasteiger partial charge in [0.25, 0.3) is 5.69 Å². The van der Waals surface area contributed by atoms with Crippen molar-refractivity contribution in [1.29, 1.82) is 0 Å². The summed E-state index contributed by atoms with van der Waals surface area (Å²) in [6, 6.07) is 1.94. The molecule has 0 unspecified atom stereocenters. The van der Waals surface area contributed by atoms with Gasteiger partial charge in [-0.05, 0) is 19.4 Å². The molecule has 1 rings (SSSR count). The summed E-state index contributed by atoms with van der Waals surface area (Å²) in [4.78, 5) is 23.6. The Kier molecular flexibility index (Phi) is 5.42. The van der Waals surface area contributed by atoms with Gasteiger partial charge in [-0.15, -0.1) is 0 Å². The smallest absolute Gasteiger partial charge is 0.340 e. The van der Waals surface area contributed by atoms with Crippen molar-refractivity contribution in [2.45, 2.75) is 20.3 Å². The van der Waals surface area contributed by atoms with Crippen LogP contribution in [0.3, 0.4) is 0 Å². The average molecular weight is 284 g/mol. The minimum Gasteiger partial charge on any atom is -0.465 e. The Labute approximate surface area is 116 Å². The van der Waals surface area contributed by atoms with E-state index in [4.69, 9.17) is 0 Å². The number of esters is 1. The number of methoxy groups -OCH3 is 1. The number of anilines is 1. The Hall–Kier alpha value is -2.18. The van der Waals surface area contributed by atoms with Crippen LogP contribution in [0.15, 0.2) is 12.1 Å². The van der Waals surface area contributed by atoms with E-state index in [1.807, 2.05) is 13.8 Å². The van der Waals surface area contributed by atoms with E-state index in [0.717, 1.165) is 19.6 Å². The number of ether oxygens (including phenoxy) is 1. The summed E-state index contributed by atoms with van der Waals surface area (Å²) in [5.41, 5.74) is -0.436. The second-order valence-corrected chi connectivity index (χ2v) is 4.15. The molecule has 0 atom stereocenters. The first kappa shape index (κ1) is 15.9. The highest BCUT2D eigenvalue weighted by Crippen LogP contribution is 2.31. The minimum absolute atomic E-state index is 0.223. The summed E-state index contributed by atoms with van der Waals surface area (Å²) in [7, 11) is 1.13. The molecule has 0 fully saturated rings. The molecule has 6 nitrogen and oxygen atoms in total. The molecule has 0 amide bonds. The first-order chi connectivity index (χ1) is 9.46. The number of nitro groups is 1. The fraction of sp³-hybridized carbons (Fsp3) is 0.462. The minimum atomic E-state index is -0.958. The van der Waals surface area contributed by atoms with Gasteiger partial charge in [-0.25, -0.2) is 9.18 Å². The van der Waals surface area contributed by atoms with Crippen LogP contribution in [0.25, 0.3) is 0 Å². The Morgan fingerprint density at radius 2 is 2.10 bits per heavy atom. The maximum Gasteiger partial charge on any atom is 0.340 e. The standard InChI is InChI=1S/C13H17FN2O4/c1-4-6-15(5-2)11-7-9(13(17)20-3)10(14)8-12(11)16(18)19/h7-8H,4-6H2,1-3H3. The van der Waals surface area contributed by atoms with E-state index >= 15 is 0 Å². The molecule has 0 aliphatic heterocycles. The van der Waals surface area contributed by atoms with E-state index in [1.165, 1.54) is 6.07 Å². The number of nitrogens with zero attached hydrogens (tertiary/aromatic N) is 2. The summed E-state index contributed by atoms with van der Waals surface area (Å²) >= 11 is 0. The second-order valence-electron chi connectivity index (χ2n) is 4.15. The molecule has 0 aromatic heterocycles. The number of carbonyl (C=O) groups is 1. The molecular weight excluding hydrogens is 267 g/mol. The van der Waals surface area contributed by atoms with Crippen LogP contribution in [-0.2, 0) is 4.74 Å². The lowest BCUT2D eigenvalue weighted by atomic mass is 10.1. The second kappa shape index (κ2) is 6.83. The third-order valence-electron chi connectivity index (χ3n) is 2.88. The lowest BCUT2D eigenvalue weighted by Crippen LogP contribution is -2.25. The monoisotopic (exact) mass is 284 g/mol. The number of halogens is 1. The molecule has 0 radical (unpaired) electrons. The van der Waals surface area contributed by atoms with Crippen molar-refractivity contribution in [3.63, 3.8) is 0 Å². The SMILES string of the molecule is CCCN(CC)c1cc(C(=O)OC)c(F)cc1[N+](=O)[O-]. The van der Waals surface area contributed by atoms with Gasteiger partial charge in [0.2, 0.25) is 0 Å². The van der Waals surface area contributed by atoms with Crippen molar-refractivity contribution in [3.8, 4) is 0 Å². The van der Waals surface area contributed by atoms with Gasteiger partial charge in [-0.3, -0.25) is 10.1 Å². The predicted molar refractivity (Wildman–Crippen MR) is 72.6 cm³/mol. The van der Waals surface area contributed by atoms with Crippen molar-refractivity contribution in [2.24, 2.45) is 0 Å². The zero-order valence-corrected chi connectivity index (χ0v) is 11.7. The number of rotatable bonds is 6. The van der Waals surface area contributed by atoms with Crippen molar-refractivity contribution in [1.82, 2.24) is 0 Å². The normalized spacial score (nSPS) is 10.2. The van der Waals surface area contributed by atoms with E-state index in [-0.39, 0.29) is 16.9 Å². The molecule has 7 heteroatoms. The van der Waals surface area contributed by atoms with E-state index in [0.29, 0.717) is 13.1 Å². The van der Waals surface area contributed by atoms with Gasteiger partial charge >= 0.3 is 5.97 Å². The summed E-state index contributed by atoms with van der Waals surface area (Å²) in [5, 5.41) is 11.0. The molecule has 0 spiro atoms. The van der Waals surface area contributed by atoms with Crippen LogP contribution in [0, 0.1) is 15.9 Å². The van der Waals surface area contributed by atoms with Gasteiger partial charge in [0.05, 0.1) is 23.7 Å². The highest BCUT2D eigenvalue weighted by atomic mass is 19.1. The third-order valence-corrected chi connectivity index (χ3v) is 2.88. The lowest BCUT2D eigenvalue weighted by Gasteiger charge is -2.22. The lowest BCUT2D eigenvalue weighted by molar-refractivity contribution is -0.384. The van der Waals surface area contributed by atoms with Crippen LogP contribution in [0.4, 0.5) is 15.8 Å². The summed E-state index contributed by atoms with van der Waals surface area (Å²) in [6.45, 7) is 4.85. The zero-order valence-electron chi connectivity index (χ0n) is 11.7. The Morgan fingerprint density at radius 3 is 2.55 bits per heavy atom. The first-order valence-electron chi connectivity index (χ1n) is 6.27. The van der Waals surface area contributed by atoms with Crippen LogP contribution in [0.2, 0.25) is 0 Å². The molecule has 1 aromatic carbocycles. The van der Waals surface area contributed by atoms with Crippen LogP contribution in [0.1, 0.15) is 30.6 Å². The molecule has 0 saturated heterocycles. The van der Waals surface area contributed by atoms with Gasteiger partial charge in [0.15, 0.2) is 0 Å². The number of hydrogen-bond donors (Lipinski definition) is 0. The molecule has 1 aromatic rings. The van der Waals surface area contributed by atoms with E-state index in [2.05, 4.69) is 4.74 Å². The van der Waals surface area contributed by atoms with Gasteiger partial charge < -0.3 is 9.64 Å².